The van der Waals surface area contributed by atoms with Crippen LogP contribution in [0, 0.1) is 21.4 Å². The first-order valence-corrected chi connectivity index (χ1v) is 4.28. The van der Waals surface area contributed by atoms with Crippen LogP contribution in [-0.2, 0) is 0 Å². The maximum absolute atomic E-state index is 10.6. The molecule has 0 atom stereocenters. The van der Waals surface area contributed by atoms with Crippen LogP contribution in [0.2, 0.25) is 0 Å². The molecule has 0 fully saturated rings. The summed E-state index contributed by atoms with van der Waals surface area (Å²) < 4.78 is 1.42. The summed E-state index contributed by atoms with van der Waals surface area (Å²) in [5.74, 6) is 0.368. The second-order valence-corrected chi connectivity index (χ2v) is 2.86. The number of hydrogen-bond acceptors (Lipinski definition) is 5. The van der Waals surface area contributed by atoms with Crippen LogP contribution in [0.25, 0.3) is 5.82 Å². The molecule has 7 heteroatoms. The van der Waals surface area contributed by atoms with Gasteiger partial charge in [-0.1, -0.05) is 0 Å². The Kier molecular flexibility index (Phi) is 2.31. The fraction of sp³-hybridized carbons (Fsp3) is 0. The topological polar surface area (TPSA) is 97.6 Å². The van der Waals surface area contributed by atoms with Crippen molar-refractivity contribution in [3.05, 3.63) is 46.4 Å². The highest BCUT2D eigenvalue weighted by atomic mass is 16.6. The van der Waals surface area contributed by atoms with Crippen molar-refractivity contribution in [2.45, 2.75) is 0 Å². The number of pyridine rings is 1. The Morgan fingerprint density at radius 3 is 2.88 bits per heavy atom. The average molecular weight is 215 g/mol. The van der Waals surface area contributed by atoms with Crippen LogP contribution in [0.5, 0.6) is 0 Å². The molecule has 16 heavy (non-hydrogen) atoms. The van der Waals surface area contributed by atoms with E-state index in [4.69, 9.17) is 5.26 Å². The molecule has 0 aliphatic rings. The van der Waals surface area contributed by atoms with E-state index in [9.17, 15) is 10.1 Å². The first-order chi connectivity index (χ1) is 7.72. The number of nitro groups is 1. The zero-order valence-corrected chi connectivity index (χ0v) is 7.94. The number of rotatable bonds is 2. The molecule has 0 aliphatic heterocycles. The molecule has 78 valence electrons. The third-order valence-electron chi connectivity index (χ3n) is 1.90. The van der Waals surface area contributed by atoms with E-state index in [-0.39, 0.29) is 11.4 Å². The van der Waals surface area contributed by atoms with Gasteiger partial charge >= 0.3 is 5.69 Å². The summed E-state index contributed by atoms with van der Waals surface area (Å²) in [6.45, 7) is 0. The van der Waals surface area contributed by atoms with Crippen LogP contribution in [0.1, 0.15) is 5.69 Å². The number of nitrogens with zero attached hydrogens (tertiary/aromatic N) is 5. The van der Waals surface area contributed by atoms with Crippen molar-refractivity contribution in [1.82, 2.24) is 14.8 Å². The zero-order valence-electron chi connectivity index (χ0n) is 7.94. The van der Waals surface area contributed by atoms with Crippen molar-refractivity contribution >= 4 is 5.69 Å². The average Bonchev–Trinajstić information content (AvgIpc) is 2.81. The molecular weight excluding hydrogens is 210 g/mol. The maximum atomic E-state index is 10.6. The Morgan fingerprint density at radius 2 is 2.31 bits per heavy atom. The molecule has 0 N–H and O–H groups in total. The quantitative estimate of drug-likeness (QED) is 0.550. The zero-order chi connectivity index (χ0) is 11.5. The molecule has 2 heterocycles. The molecule has 0 saturated carbocycles. The predicted octanol–water partition coefficient (Wildman–Crippen LogP) is 1.05. The molecule has 7 nitrogen and oxygen atoms in total. The van der Waals surface area contributed by atoms with Gasteiger partial charge in [-0.25, -0.2) is 9.67 Å². The van der Waals surface area contributed by atoms with Crippen LogP contribution < -0.4 is 0 Å². The van der Waals surface area contributed by atoms with Gasteiger partial charge in [0.05, 0.1) is 4.92 Å². The van der Waals surface area contributed by atoms with Crippen molar-refractivity contribution in [3.8, 4) is 11.9 Å². The minimum Gasteiger partial charge on any atom is -0.258 e. The van der Waals surface area contributed by atoms with Gasteiger partial charge in [0.2, 0.25) is 5.69 Å². The molecule has 0 bridgehead atoms. The van der Waals surface area contributed by atoms with Crippen molar-refractivity contribution in [3.63, 3.8) is 0 Å². The van der Waals surface area contributed by atoms with Gasteiger partial charge in [0.25, 0.3) is 0 Å². The minimum atomic E-state index is -0.640. The summed E-state index contributed by atoms with van der Waals surface area (Å²) in [7, 11) is 0. The molecule has 0 amide bonds. The molecule has 0 unspecified atom stereocenters. The van der Waals surface area contributed by atoms with Crippen molar-refractivity contribution in [1.29, 1.82) is 5.26 Å². The number of hydrogen-bond donors (Lipinski definition) is 0. The monoisotopic (exact) mass is 215 g/mol. The first kappa shape index (κ1) is 9.79. The Bertz CT molecular complexity index is 570. The third-order valence-corrected chi connectivity index (χ3v) is 1.90. The molecule has 0 aliphatic carbocycles. The highest BCUT2D eigenvalue weighted by molar-refractivity contribution is 5.46. The van der Waals surface area contributed by atoms with E-state index >= 15 is 0 Å². The molecule has 2 aromatic rings. The van der Waals surface area contributed by atoms with Gasteiger partial charge in [0, 0.05) is 18.5 Å². The fourth-order valence-corrected chi connectivity index (χ4v) is 1.20. The van der Waals surface area contributed by atoms with Crippen molar-refractivity contribution in [2.75, 3.05) is 0 Å². The summed E-state index contributed by atoms with van der Waals surface area (Å²) in [6, 6.07) is 6.05. The van der Waals surface area contributed by atoms with Gasteiger partial charge in [-0.15, -0.1) is 0 Å². The molecular formula is C9H5N5O2. The Hall–Kier alpha value is -2.75. The summed E-state index contributed by atoms with van der Waals surface area (Å²) in [6.07, 6.45) is 3.18. The van der Waals surface area contributed by atoms with Crippen LogP contribution in [-0.4, -0.2) is 19.7 Å². The van der Waals surface area contributed by atoms with E-state index in [1.807, 2.05) is 0 Å². The molecule has 2 rings (SSSR count). The van der Waals surface area contributed by atoms with Crippen molar-refractivity contribution < 1.29 is 4.92 Å². The van der Waals surface area contributed by atoms with Gasteiger partial charge in [-0.2, -0.15) is 10.4 Å². The van der Waals surface area contributed by atoms with Crippen LogP contribution in [0.3, 0.4) is 0 Å². The van der Waals surface area contributed by atoms with Crippen LogP contribution in [0.15, 0.2) is 30.6 Å². The van der Waals surface area contributed by atoms with E-state index in [2.05, 4.69) is 10.1 Å². The van der Waals surface area contributed by atoms with Gasteiger partial charge in [-0.05, 0) is 12.1 Å². The van der Waals surface area contributed by atoms with Crippen molar-refractivity contribution in [2.24, 2.45) is 0 Å². The third kappa shape index (κ3) is 1.59. The Balaban J connectivity index is 2.54. The van der Waals surface area contributed by atoms with E-state index < -0.39 is 4.92 Å². The highest BCUT2D eigenvalue weighted by Crippen LogP contribution is 2.17. The lowest BCUT2D eigenvalue weighted by Gasteiger charge is -2.00. The lowest BCUT2D eigenvalue weighted by atomic mass is 10.3. The van der Waals surface area contributed by atoms with E-state index in [1.165, 1.54) is 16.8 Å². The smallest absolute Gasteiger partial charge is 0.258 e. The summed E-state index contributed by atoms with van der Waals surface area (Å²) in [5, 5.41) is 23.2. The van der Waals surface area contributed by atoms with Gasteiger partial charge in [0.1, 0.15) is 6.07 Å². The minimum absolute atomic E-state index is 0.224. The number of aromatic nitrogens is 3. The second kappa shape index (κ2) is 3.78. The Morgan fingerprint density at radius 1 is 1.50 bits per heavy atom. The predicted molar refractivity (Wildman–Crippen MR) is 52.7 cm³/mol. The van der Waals surface area contributed by atoms with E-state index in [0.29, 0.717) is 5.82 Å². The molecule has 0 aromatic carbocycles. The van der Waals surface area contributed by atoms with E-state index in [1.54, 1.807) is 24.5 Å². The molecule has 2 aromatic heterocycles. The number of nitriles is 1. The summed E-state index contributed by atoms with van der Waals surface area (Å²) in [4.78, 5) is 13.8. The molecule has 0 spiro atoms. The highest BCUT2D eigenvalue weighted by Gasteiger charge is 2.15. The molecule has 0 radical (unpaired) electrons. The fourth-order valence-electron chi connectivity index (χ4n) is 1.20. The SMILES string of the molecule is N#Cc1nc(-n2cccn2)ccc1[N+](=O)[O-]. The van der Waals surface area contributed by atoms with E-state index in [0.717, 1.165) is 0 Å². The Labute approximate surface area is 89.7 Å². The molecule has 0 saturated heterocycles. The maximum Gasteiger partial charge on any atom is 0.305 e. The lowest BCUT2D eigenvalue weighted by Crippen LogP contribution is -2.02. The summed E-state index contributed by atoms with van der Waals surface area (Å²) >= 11 is 0. The van der Waals surface area contributed by atoms with Gasteiger partial charge in [-0.3, -0.25) is 10.1 Å². The summed E-state index contributed by atoms with van der Waals surface area (Å²) in [5.41, 5.74) is -0.531. The standard InChI is InChI=1S/C9H5N5O2/c10-6-7-8(14(15)16)2-3-9(12-7)13-5-1-4-11-13/h1-5H. The first-order valence-electron chi connectivity index (χ1n) is 4.28. The lowest BCUT2D eigenvalue weighted by molar-refractivity contribution is -0.385. The normalized spacial score (nSPS) is 9.69. The largest absolute Gasteiger partial charge is 0.305 e. The van der Waals surface area contributed by atoms with Crippen LogP contribution in [0.4, 0.5) is 5.69 Å². The van der Waals surface area contributed by atoms with Gasteiger partial charge in [0.15, 0.2) is 5.82 Å². The second-order valence-electron chi connectivity index (χ2n) is 2.86. The van der Waals surface area contributed by atoms with Crippen LogP contribution >= 0.6 is 0 Å². The van der Waals surface area contributed by atoms with Gasteiger partial charge < -0.3 is 0 Å².